The van der Waals surface area contributed by atoms with Crippen LogP contribution in [0.2, 0.25) is 0 Å². The lowest BCUT2D eigenvalue weighted by atomic mass is 10.1. The highest BCUT2D eigenvalue weighted by Crippen LogP contribution is 2.29. The number of aryl methyl sites for hydroxylation is 1. The van der Waals surface area contributed by atoms with Gasteiger partial charge in [-0.3, -0.25) is 14.4 Å². The Labute approximate surface area is 202 Å². The van der Waals surface area contributed by atoms with E-state index in [0.29, 0.717) is 6.42 Å². The number of carboxylic acids is 2. The van der Waals surface area contributed by atoms with E-state index in [1.54, 1.807) is 11.8 Å². The summed E-state index contributed by atoms with van der Waals surface area (Å²) in [6.07, 6.45) is 12.9. The molecule has 3 N–H and O–H groups in total. The summed E-state index contributed by atoms with van der Waals surface area (Å²) < 4.78 is 0. The minimum atomic E-state index is -0.727. The van der Waals surface area contributed by atoms with Crippen molar-refractivity contribution in [3.63, 3.8) is 0 Å². The maximum absolute atomic E-state index is 12.4. The fourth-order valence-electron chi connectivity index (χ4n) is 3.62. The molecule has 0 aliphatic rings. The fourth-order valence-corrected chi connectivity index (χ4v) is 4.61. The van der Waals surface area contributed by atoms with Crippen molar-refractivity contribution in [3.8, 4) is 0 Å². The molecule has 7 heteroatoms. The molecule has 0 aromatic heterocycles. The van der Waals surface area contributed by atoms with Gasteiger partial charge in [0.05, 0.1) is 5.69 Å². The Bertz CT molecular complexity index is 723. The zero-order chi connectivity index (χ0) is 24.3. The molecule has 0 atom stereocenters. The van der Waals surface area contributed by atoms with E-state index in [2.05, 4.69) is 17.4 Å². The number of anilines is 1. The van der Waals surface area contributed by atoms with Crippen LogP contribution in [0.25, 0.3) is 0 Å². The van der Waals surface area contributed by atoms with Gasteiger partial charge in [-0.2, -0.15) is 0 Å². The lowest BCUT2D eigenvalue weighted by Crippen LogP contribution is -2.12. The molecule has 1 aromatic rings. The van der Waals surface area contributed by atoms with Crippen molar-refractivity contribution < 1.29 is 24.6 Å². The number of aliphatic carboxylic acids is 2. The normalized spacial score (nSPS) is 10.8. The van der Waals surface area contributed by atoms with E-state index in [4.69, 9.17) is 10.2 Å². The van der Waals surface area contributed by atoms with Gasteiger partial charge < -0.3 is 15.5 Å². The molecule has 0 saturated carbocycles. The maximum Gasteiger partial charge on any atom is 0.303 e. The van der Waals surface area contributed by atoms with Crippen molar-refractivity contribution in [2.75, 3.05) is 11.1 Å². The lowest BCUT2D eigenvalue weighted by Gasteiger charge is -2.12. The number of hydrogen-bond donors (Lipinski definition) is 3. The molecule has 0 bridgehead atoms. The molecule has 0 fully saturated rings. The Hall–Kier alpha value is -2.02. The number of amides is 1. The third-order valence-corrected chi connectivity index (χ3v) is 6.66. The number of unbranched alkanes of at least 4 members (excludes halogenated alkanes) is 10. The van der Waals surface area contributed by atoms with Gasteiger partial charge in [0.1, 0.15) is 0 Å². The van der Waals surface area contributed by atoms with Crippen LogP contribution in [0.4, 0.5) is 5.69 Å². The van der Waals surface area contributed by atoms with Gasteiger partial charge in [-0.05, 0) is 56.1 Å². The smallest absolute Gasteiger partial charge is 0.303 e. The second kappa shape index (κ2) is 18.4. The van der Waals surface area contributed by atoms with Crippen LogP contribution in [-0.2, 0) is 14.4 Å². The van der Waals surface area contributed by atoms with E-state index in [1.165, 1.54) is 0 Å². The van der Waals surface area contributed by atoms with Gasteiger partial charge in [0.25, 0.3) is 0 Å². The number of carboxylic acid groups (broad SMARTS) is 2. The Morgan fingerprint density at radius 2 is 1.21 bits per heavy atom. The summed E-state index contributed by atoms with van der Waals surface area (Å²) in [5.74, 6) is -0.427. The monoisotopic (exact) mass is 479 g/mol. The molecule has 0 radical (unpaired) electrons. The molecule has 0 saturated heterocycles. The number of benzene rings is 1. The molecule has 0 aliphatic carbocycles. The summed E-state index contributed by atoms with van der Waals surface area (Å²) in [5.41, 5.74) is 2.00. The summed E-state index contributed by atoms with van der Waals surface area (Å²) >= 11 is 1.74. The Morgan fingerprint density at radius 3 is 1.76 bits per heavy atom. The molecule has 1 aromatic carbocycles. The topological polar surface area (TPSA) is 104 Å². The second-order valence-corrected chi connectivity index (χ2v) is 9.81. The van der Waals surface area contributed by atoms with Crippen molar-refractivity contribution in [2.24, 2.45) is 0 Å². The molecule has 1 amide bonds. The highest BCUT2D eigenvalue weighted by molar-refractivity contribution is 7.99. The van der Waals surface area contributed by atoms with Gasteiger partial charge in [-0.25, -0.2) is 0 Å². The van der Waals surface area contributed by atoms with Crippen molar-refractivity contribution in [1.82, 2.24) is 0 Å². The van der Waals surface area contributed by atoms with Gasteiger partial charge in [0.15, 0.2) is 0 Å². The lowest BCUT2D eigenvalue weighted by molar-refractivity contribution is -0.138. The number of nitrogens with one attached hydrogen (secondary N) is 1. The quantitative estimate of drug-likeness (QED) is 0.137. The molecule has 0 heterocycles. The van der Waals surface area contributed by atoms with E-state index in [0.717, 1.165) is 98.9 Å². The molecule has 33 heavy (non-hydrogen) atoms. The largest absolute Gasteiger partial charge is 0.481 e. The van der Waals surface area contributed by atoms with Gasteiger partial charge in [0, 0.05) is 24.2 Å². The van der Waals surface area contributed by atoms with Crippen LogP contribution >= 0.6 is 11.8 Å². The van der Waals surface area contributed by atoms with Crippen LogP contribution in [0.1, 0.15) is 102 Å². The first-order valence-electron chi connectivity index (χ1n) is 12.4. The fraction of sp³-hybridized carbons (Fsp3) is 0.654. The summed E-state index contributed by atoms with van der Waals surface area (Å²) in [6, 6.07) is 6.15. The zero-order valence-electron chi connectivity index (χ0n) is 20.1. The van der Waals surface area contributed by atoms with E-state index in [1.807, 2.05) is 13.0 Å². The maximum atomic E-state index is 12.4. The highest BCUT2D eigenvalue weighted by atomic mass is 32.2. The summed E-state index contributed by atoms with van der Waals surface area (Å²) in [7, 11) is 0. The van der Waals surface area contributed by atoms with Crippen molar-refractivity contribution in [1.29, 1.82) is 0 Å². The summed E-state index contributed by atoms with van der Waals surface area (Å²) in [5, 5.41) is 20.4. The molecule has 0 aliphatic heterocycles. The van der Waals surface area contributed by atoms with Crippen LogP contribution in [0.15, 0.2) is 23.1 Å². The molecule has 0 spiro atoms. The molecule has 186 valence electrons. The second-order valence-electron chi connectivity index (χ2n) is 8.68. The number of carbonyl (C=O) groups is 3. The number of rotatable bonds is 20. The van der Waals surface area contributed by atoms with E-state index in [9.17, 15) is 14.4 Å². The van der Waals surface area contributed by atoms with Crippen molar-refractivity contribution in [3.05, 3.63) is 23.8 Å². The van der Waals surface area contributed by atoms with Crippen LogP contribution in [0.3, 0.4) is 0 Å². The number of thioether (sulfide) groups is 1. The average molecular weight is 480 g/mol. The predicted molar refractivity (Wildman–Crippen MR) is 135 cm³/mol. The Morgan fingerprint density at radius 1 is 0.727 bits per heavy atom. The molecular formula is C26H41NO5S. The minimum absolute atomic E-state index is 0.0600. The first-order valence-corrected chi connectivity index (χ1v) is 13.3. The van der Waals surface area contributed by atoms with Crippen LogP contribution < -0.4 is 5.32 Å². The standard InChI is InChI=1S/C26H41NO5S/c1-21-17-18-23(33-19-13-9-8-12-16-26(31)32)22(20-21)27-24(28)14-10-6-4-2-3-5-7-11-15-25(29)30/h17-18,20H,2-16,19H2,1H3,(H,27,28)(H,29,30)(H,31,32). The highest BCUT2D eigenvalue weighted by Gasteiger charge is 2.08. The van der Waals surface area contributed by atoms with Crippen LogP contribution in [0.5, 0.6) is 0 Å². The first kappa shape index (κ1) is 29.0. The summed E-state index contributed by atoms with van der Waals surface area (Å²) in [4.78, 5) is 34.5. The van der Waals surface area contributed by atoms with Crippen molar-refractivity contribution >= 4 is 35.3 Å². The third-order valence-electron chi connectivity index (χ3n) is 5.50. The summed E-state index contributed by atoms with van der Waals surface area (Å²) in [6.45, 7) is 2.02. The Kier molecular flexibility index (Phi) is 16.2. The number of hydrogen-bond acceptors (Lipinski definition) is 4. The molecule has 6 nitrogen and oxygen atoms in total. The SMILES string of the molecule is Cc1ccc(SCCCCCCC(=O)O)c(NC(=O)CCCCCCCCCCC(=O)O)c1. The first-order chi connectivity index (χ1) is 15.9. The van der Waals surface area contributed by atoms with Crippen molar-refractivity contribution in [2.45, 2.75) is 108 Å². The van der Waals surface area contributed by atoms with E-state index >= 15 is 0 Å². The zero-order valence-corrected chi connectivity index (χ0v) is 20.9. The van der Waals surface area contributed by atoms with E-state index < -0.39 is 11.9 Å². The average Bonchev–Trinajstić information content (AvgIpc) is 2.75. The van der Waals surface area contributed by atoms with Gasteiger partial charge in [-0.1, -0.05) is 57.4 Å². The number of carbonyl (C=O) groups excluding carboxylic acids is 1. The predicted octanol–water partition coefficient (Wildman–Crippen LogP) is 7.05. The minimum Gasteiger partial charge on any atom is -0.481 e. The van der Waals surface area contributed by atoms with Crippen LogP contribution in [0, 0.1) is 6.92 Å². The van der Waals surface area contributed by atoms with Gasteiger partial charge in [-0.15, -0.1) is 11.8 Å². The van der Waals surface area contributed by atoms with Gasteiger partial charge >= 0.3 is 11.9 Å². The van der Waals surface area contributed by atoms with Gasteiger partial charge in [0.2, 0.25) is 5.91 Å². The van der Waals surface area contributed by atoms with Crippen LogP contribution in [-0.4, -0.2) is 33.8 Å². The molecule has 1 rings (SSSR count). The van der Waals surface area contributed by atoms with E-state index in [-0.39, 0.29) is 18.7 Å². The third kappa shape index (κ3) is 16.3. The molecule has 0 unspecified atom stereocenters. The Balaban J connectivity index is 2.20. The molecular weight excluding hydrogens is 438 g/mol.